The van der Waals surface area contributed by atoms with Gasteiger partial charge in [-0.05, 0) is 30.4 Å². The van der Waals surface area contributed by atoms with Crippen molar-refractivity contribution < 1.29 is 19.1 Å². The minimum absolute atomic E-state index is 0.219. The maximum atomic E-state index is 11.5. The first kappa shape index (κ1) is 10.3. The fourth-order valence-corrected chi connectivity index (χ4v) is 1.50. The lowest BCUT2D eigenvalue weighted by molar-refractivity contribution is -0.131. The zero-order valence-electron chi connectivity index (χ0n) is 8.52. The lowest BCUT2D eigenvalue weighted by Gasteiger charge is -2.10. The molecule has 4 nitrogen and oxygen atoms in total. The molecule has 0 unspecified atom stereocenters. The number of carbonyl (C=O) groups excluding carboxylic acids is 3. The van der Waals surface area contributed by atoms with Crippen LogP contribution in [-0.4, -0.2) is 17.5 Å². The summed E-state index contributed by atoms with van der Waals surface area (Å²) in [7, 11) is 0. The molecule has 1 aliphatic rings. The first-order chi connectivity index (χ1) is 7.58. The highest BCUT2D eigenvalue weighted by molar-refractivity contribution is 6.22. The van der Waals surface area contributed by atoms with Gasteiger partial charge in [-0.25, -0.2) is 0 Å². The van der Waals surface area contributed by atoms with Crippen molar-refractivity contribution in [2.75, 3.05) is 0 Å². The van der Waals surface area contributed by atoms with Crippen LogP contribution in [0.15, 0.2) is 30.4 Å². The number of ketones is 2. The smallest absolute Gasteiger partial charge is 0.308 e. The van der Waals surface area contributed by atoms with E-state index in [2.05, 4.69) is 0 Å². The molecule has 80 valence electrons. The largest absolute Gasteiger partial charge is 0.427 e. The van der Waals surface area contributed by atoms with Gasteiger partial charge < -0.3 is 4.74 Å². The van der Waals surface area contributed by atoms with E-state index < -0.39 is 5.97 Å². The van der Waals surface area contributed by atoms with Gasteiger partial charge in [0.25, 0.3) is 0 Å². The quantitative estimate of drug-likeness (QED) is 0.527. The Balaban J connectivity index is 2.47. The summed E-state index contributed by atoms with van der Waals surface area (Å²) in [6, 6.07) is 4.38. The Morgan fingerprint density at radius 2 is 1.69 bits per heavy atom. The molecule has 0 radical (unpaired) electrons. The Bertz CT molecular complexity index is 526. The van der Waals surface area contributed by atoms with Gasteiger partial charge in [-0.2, -0.15) is 0 Å². The fraction of sp³-hybridized carbons (Fsp3) is 0.0833. The Morgan fingerprint density at radius 3 is 2.31 bits per heavy atom. The second kappa shape index (κ2) is 3.73. The van der Waals surface area contributed by atoms with Crippen LogP contribution in [0.2, 0.25) is 0 Å². The SMILES string of the molecule is CC(=O)Oc1ccc2c(c1)C(=O)C=CC2=O. The van der Waals surface area contributed by atoms with Gasteiger partial charge in [0.1, 0.15) is 5.75 Å². The molecule has 1 aromatic rings. The van der Waals surface area contributed by atoms with Crippen LogP contribution in [0.25, 0.3) is 0 Å². The summed E-state index contributed by atoms with van der Waals surface area (Å²) in [6.45, 7) is 1.27. The molecule has 16 heavy (non-hydrogen) atoms. The zero-order chi connectivity index (χ0) is 11.7. The van der Waals surface area contributed by atoms with E-state index >= 15 is 0 Å². The molecule has 2 rings (SSSR count). The number of ether oxygens (including phenoxy) is 1. The van der Waals surface area contributed by atoms with E-state index in [0.717, 1.165) is 0 Å². The molecule has 0 bridgehead atoms. The van der Waals surface area contributed by atoms with Crippen molar-refractivity contribution in [1.29, 1.82) is 0 Å². The average molecular weight is 216 g/mol. The van der Waals surface area contributed by atoms with Crippen LogP contribution in [0.3, 0.4) is 0 Å². The van der Waals surface area contributed by atoms with Crippen molar-refractivity contribution in [3.63, 3.8) is 0 Å². The van der Waals surface area contributed by atoms with Crippen molar-refractivity contribution >= 4 is 17.5 Å². The third kappa shape index (κ3) is 1.77. The summed E-state index contributed by atoms with van der Waals surface area (Å²) in [5.74, 6) is -0.680. The van der Waals surface area contributed by atoms with Crippen molar-refractivity contribution in [3.8, 4) is 5.75 Å². The predicted molar refractivity (Wildman–Crippen MR) is 55.6 cm³/mol. The lowest BCUT2D eigenvalue weighted by atomic mass is 9.95. The molecule has 0 heterocycles. The minimum atomic E-state index is -0.468. The standard InChI is InChI=1S/C12H8O4/c1-7(13)16-8-2-3-9-10(6-8)12(15)5-4-11(9)14/h2-6H,1H3. The van der Waals surface area contributed by atoms with E-state index in [-0.39, 0.29) is 22.9 Å². The number of allylic oxidation sites excluding steroid dienone is 2. The first-order valence-electron chi connectivity index (χ1n) is 4.67. The normalized spacial score (nSPS) is 13.6. The number of carbonyl (C=O) groups is 3. The molecule has 0 atom stereocenters. The third-order valence-electron chi connectivity index (χ3n) is 2.17. The average Bonchev–Trinajstić information content (AvgIpc) is 2.23. The van der Waals surface area contributed by atoms with Crippen LogP contribution in [0.5, 0.6) is 5.75 Å². The third-order valence-corrected chi connectivity index (χ3v) is 2.17. The predicted octanol–water partition coefficient (Wildman–Crippen LogP) is 1.55. The number of esters is 1. The molecule has 0 spiro atoms. The zero-order valence-corrected chi connectivity index (χ0v) is 8.52. The van der Waals surface area contributed by atoms with Crippen molar-refractivity contribution in [2.45, 2.75) is 6.92 Å². The topological polar surface area (TPSA) is 60.4 Å². The van der Waals surface area contributed by atoms with Crippen LogP contribution in [-0.2, 0) is 4.79 Å². The Kier molecular flexibility index (Phi) is 2.40. The molecule has 0 fully saturated rings. The summed E-state index contributed by atoms with van der Waals surface area (Å²) in [4.78, 5) is 33.6. The van der Waals surface area contributed by atoms with E-state index in [9.17, 15) is 14.4 Å². The van der Waals surface area contributed by atoms with Gasteiger partial charge in [-0.1, -0.05) is 0 Å². The highest BCUT2D eigenvalue weighted by Crippen LogP contribution is 2.22. The van der Waals surface area contributed by atoms with Crippen LogP contribution >= 0.6 is 0 Å². The van der Waals surface area contributed by atoms with Crippen LogP contribution in [0.1, 0.15) is 27.6 Å². The molecular formula is C12H8O4. The van der Waals surface area contributed by atoms with Gasteiger partial charge >= 0.3 is 5.97 Å². The maximum absolute atomic E-state index is 11.5. The van der Waals surface area contributed by atoms with Crippen molar-refractivity contribution in [1.82, 2.24) is 0 Å². The summed E-state index contributed by atoms with van der Waals surface area (Å²) in [5.41, 5.74) is 0.606. The second-order valence-corrected chi connectivity index (χ2v) is 3.36. The Labute approximate surface area is 91.5 Å². The summed E-state index contributed by atoms with van der Waals surface area (Å²) in [6.07, 6.45) is 2.44. The molecular weight excluding hydrogens is 208 g/mol. The molecule has 4 heteroatoms. The Hall–Kier alpha value is -2.23. The maximum Gasteiger partial charge on any atom is 0.308 e. The van der Waals surface area contributed by atoms with Crippen LogP contribution < -0.4 is 4.74 Å². The van der Waals surface area contributed by atoms with Gasteiger partial charge in [0.05, 0.1) is 0 Å². The fourth-order valence-electron chi connectivity index (χ4n) is 1.50. The summed E-state index contributed by atoms with van der Waals surface area (Å²) < 4.78 is 4.84. The Morgan fingerprint density at radius 1 is 1.06 bits per heavy atom. The van der Waals surface area contributed by atoms with E-state index in [1.165, 1.54) is 37.3 Å². The molecule has 0 amide bonds. The highest BCUT2D eigenvalue weighted by Gasteiger charge is 2.19. The molecule has 1 aromatic carbocycles. The van der Waals surface area contributed by atoms with Gasteiger partial charge in [0.2, 0.25) is 0 Å². The van der Waals surface area contributed by atoms with E-state index in [1.807, 2.05) is 0 Å². The molecule has 0 aromatic heterocycles. The van der Waals surface area contributed by atoms with Gasteiger partial charge in [0.15, 0.2) is 11.6 Å². The summed E-state index contributed by atoms with van der Waals surface area (Å²) >= 11 is 0. The first-order valence-corrected chi connectivity index (χ1v) is 4.67. The molecule has 0 saturated heterocycles. The molecule has 0 N–H and O–H groups in total. The number of fused-ring (bicyclic) bond motifs is 1. The van der Waals surface area contributed by atoms with E-state index in [4.69, 9.17) is 4.74 Å². The lowest BCUT2D eigenvalue weighted by Crippen LogP contribution is -2.12. The van der Waals surface area contributed by atoms with Crippen LogP contribution in [0, 0.1) is 0 Å². The number of benzene rings is 1. The molecule has 0 aliphatic heterocycles. The number of rotatable bonds is 1. The van der Waals surface area contributed by atoms with Crippen molar-refractivity contribution in [2.24, 2.45) is 0 Å². The van der Waals surface area contributed by atoms with Gasteiger partial charge in [-0.3, -0.25) is 14.4 Å². The molecule has 1 aliphatic carbocycles. The van der Waals surface area contributed by atoms with Crippen molar-refractivity contribution in [3.05, 3.63) is 41.5 Å². The van der Waals surface area contributed by atoms with Gasteiger partial charge in [-0.15, -0.1) is 0 Å². The second-order valence-electron chi connectivity index (χ2n) is 3.36. The highest BCUT2D eigenvalue weighted by atomic mass is 16.5. The summed E-state index contributed by atoms with van der Waals surface area (Å²) in [5, 5.41) is 0. The minimum Gasteiger partial charge on any atom is -0.427 e. The monoisotopic (exact) mass is 216 g/mol. The van der Waals surface area contributed by atoms with E-state index in [1.54, 1.807) is 0 Å². The number of hydrogen-bond donors (Lipinski definition) is 0. The van der Waals surface area contributed by atoms with E-state index in [0.29, 0.717) is 5.56 Å². The van der Waals surface area contributed by atoms with Gasteiger partial charge in [0, 0.05) is 18.1 Å². The molecule has 0 saturated carbocycles. The number of hydrogen-bond acceptors (Lipinski definition) is 4. The van der Waals surface area contributed by atoms with Crippen LogP contribution in [0.4, 0.5) is 0 Å².